The minimum absolute atomic E-state index is 0.0709. The minimum atomic E-state index is -1.05. The van der Waals surface area contributed by atoms with Gasteiger partial charge in [0.15, 0.2) is 5.25 Å². The zero-order valence-electron chi connectivity index (χ0n) is 19.7. The number of aromatic nitrogens is 1. The van der Waals surface area contributed by atoms with E-state index in [1.54, 1.807) is 12.5 Å². The third-order valence-corrected chi connectivity index (χ3v) is 9.18. The zero-order chi connectivity index (χ0) is 23.4. The normalized spacial score (nSPS) is 25.3. The molecule has 180 valence electrons. The molecule has 0 bridgehead atoms. The van der Waals surface area contributed by atoms with Crippen molar-refractivity contribution in [1.29, 1.82) is 0 Å². The van der Waals surface area contributed by atoms with E-state index in [-0.39, 0.29) is 10.8 Å². The Morgan fingerprint density at radius 1 is 1.09 bits per heavy atom. The molecule has 2 aliphatic rings. The van der Waals surface area contributed by atoms with Gasteiger partial charge in [-0.2, -0.15) is 0 Å². The summed E-state index contributed by atoms with van der Waals surface area (Å²) in [5.74, 6) is 0.692. The largest absolute Gasteiger partial charge is 0.597 e. The molecule has 1 unspecified atom stereocenters. The van der Waals surface area contributed by atoms with Crippen molar-refractivity contribution in [3.8, 4) is 0 Å². The van der Waals surface area contributed by atoms with Crippen molar-refractivity contribution in [3.05, 3.63) is 89.6 Å². The van der Waals surface area contributed by atoms with Crippen LogP contribution in [0.15, 0.2) is 71.5 Å². The second-order valence-electron chi connectivity index (χ2n) is 9.35. The van der Waals surface area contributed by atoms with Crippen molar-refractivity contribution in [2.45, 2.75) is 62.5 Å². The summed E-state index contributed by atoms with van der Waals surface area (Å²) in [4.78, 5) is 4.25. The first-order valence-corrected chi connectivity index (χ1v) is 13.3. The van der Waals surface area contributed by atoms with Crippen molar-refractivity contribution in [3.63, 3.8) is 0 Å². The molecular formula is C27H33N3O3S. The maximum Gasteiger partial charge on any atom is 0.207 e. The number of rotatable bonds is 7. The average molecular weight is 480 g/mol. The van der Waals surface area contributed by atoms with Gasteiger partial charge in [0, 0.05) is 42.1 Å². The van der Waals surface area contributed by atoms with Crippen LogP contribution in [0.3, 0.4) is 0 Å². The maximum absolute atomic E-state index is 13.5. The van der Waals surface area contributed by atoms with Gasteiger partial charge < -0.3 is 13.7 Å². The van der Waals surface area contributed by atoms with Crippen LogP contribution in [0.4, 0.5) is 0 Å². The summed E-state index contributed by atoms with van der Waals surface area (Å²) in [6.45, 7) is 4.92. The number of hydrogen-bond acceptors (Lipinski definition) is 6. The quantitative estimate of drug-likeness (QED) is 0.488. The molecule has 7 heteroatoms. The van der Waals surface area contributed by atoms with Crippen LogP contribution in [0.25, 0.3) is 0 Å². The number of nitrogens with zero attached hydrogens (tertiary/aromatic N) is 2. The third kappa shape index (κ3) is 5.09. The Kier molecular flexibility index (Phi) is 7.37. The molecule has 2 aromatic carbocycles. The Morgan fingerprint density at radius 2 is 1.85 bits per heavy atom. The summed E-state index contributed by atoms with van der Waals surface area (Å²) >= 11 is -1.05. The first-order chi connectivity index (χ1) is 16.6. The van der Waals surface area contributed by atoms with Gasteiger partial charge in [0.1, 0.15) is 6.26 Å². The van der Waals surface area contributed by atoms with Gasteiger partial charge in [-0.3, -0.25) is 5.32 Å². The van der Waals surface area contributed by atoms with Gasteiger partial charge in [-0.25, -0.2) is 4.98 Å². The van der Waals surface area contributed by atoms with E-state index in [1.165, 1.54) is 16.7 Å². The van der Waals surface area contributed by atoms with Gasteiger partial charge in [0.2, 0.25) is 5.89 Å². The van der Waals surface area contributed by atoms with Crippen LogP contribution in [0.2, 0.25) is 0 Å². The number of hydrogen-bond donors (Lipinski definition) is 1. The minimum Gasteiger partial charge on any atom is -0.597 e. The molecule has 0 amide bonds. The van der Waals surface area contributed by atoms with Crippen LogP contribution in [0.5, 0.6) is 0 Å². The molecule has 3 aromatic rings. The summed E-state index contributed by atoms with van der Waals surface area (Å²) in [5.41, 5.74) is 3.45. The predicted molar refractivity (Wildman–Crippen MR) is 133 cm³/mol. The second-order valence-corrected chi connectivity index (χ2v) is 10.9. The fourth-order valence-corrected chi connectivity index (χ4v) is 6.92. The number of benzene rings is 2. The first-order valence-electron chi connectivity index (χ1n) is 12.2. The summed E-state index contributed by atoms with van der Waals surface area (Å²) in [5, 5.41) is 3.77. The molecule has 3 atom stereocenters. The SMILES string of the molecule is C[C@H]1CC[C@H](c2ccccc2)[S+]([O-])N1Cc1ccc(C2(NCc3ncco3)CCOCC2)cc1. The molecule has 2 aliphatic heterocycles. The number of oxazole rings is 1. The Bertz CT molecular complexity index is 1020. The smallest absolute Gasteiger partial charge is 0.207 e. The zero-order valence-corrected chi connectivity index (χ0v) is 20.5. The Labute approximate surface area is 205 Å². The van der Waals surface area contributed by atoms with Crippen LogP contribution < -0.4 is 5.32 Å². The van der Waals surface area contributed by atoms with E-state index < -0.39 is 11.4 Å². The van der Waals surface area contributed by atoms with E-state index in [2.05, 4.69) is 57.9 Å². The lowest BCUT2D eigenvalue weighted by Gasteiger charge is -2.39. The van der Waals surface area contributed by atoms with Crippen molar-refractivity contribution in [2.24, 2.45) is 0 Å². The molecule has 3 heterocycles. The van der Waals surface area contributed by atoms with Crippen LogP contribution in [-0.2, 0) is 34.7 Å². The number of ether oxygens (including phenoxy) is 1. The third-order valence-electron chi connectivity index (χ3n) is 7.24. The molecule has 34 heavy (non-hydrogen) atoms. The molecule has 0 saturated carbocycles. The van der Waals surface area contributed by atoms with E-state index in [4.69, 9.17) is 9.15 Å². The highest BCUT2D eigenvalue weighted by atomic mass is 32.2. The molecule has 2 saturated heterocycles. The molecule has 0 radical (unpaired) electrons. The fourth-order valence-electron chi connectivity index (χ4n) is 5.13. The summed E-state index contributed by atoms with van der Waals surface area (Å²) in [7, 11) is 0. The van der Waals surface area contributed by atoms with Crippen LogP contribution in [0.1, 0.15) is 60.4 Å². The van der Waals surface area contributed by atoms with Gasteiger partial charge in [0.05, 0.1) is 25.3 Å². The molecule has 0 spiro atoms. The van der Waals surface area contributed by atoms with E-state index in [1.807, 2.05) is 18.2 Å². The molecule has 0 aliphatic carbocycles. The van der Waals surface area contributed by atoms with Crippen molar-refractivity contribution >= 4 is 11.4 Å². The van der Waals surface area contributed by atoms with Crippen LogP contribution in [-0.4, -0.2) is 33.1 Å². The monoisotopic (exact) mass is 479 g/mol. The summed E-state index contributed by atoms with van der Waals surface area (Å²) < 4.78 is 26.8. The van der Waals surface area contributed by atoms with Crippen LogP contribution >= 0.6 is 0 Å². The fraction of sp³-hybridized carbons (Fsp3) is 0.444. The topological polar surface area (TPSA) is 73.6 Å². The Morgan fingerprint density at radius 3 is 2.56 bits per heavy atom. The Hall–Kier alpha value is -2.16. The van der Waals surface area contributed by atoms with E-state index in [0.717, 1.165) is 38.9 Å². The van der Waals surface area contributed by atoms with E-state index in [9.17, 15) is 4.55 Å². The lowest BCUT2D eigenvalue weighted by atomic mass is 9.82. The van der Waals surface area contributed by atoms with Crippen molar-refractivity contribution in [2.75, 3.05) is 13.2 Å². The van der Waals surface area contributed by atoms with Gasteiger partial charge in [-0.05, 0) is 37.3 Å². The molecular weight excluding hydrogens is 446 g/mol. The van der Waals surface area contributed by atoms with Gasteiger partial charge in [0.25, 0.3) is 0 Å². The first kappa shape index (κ1) is 23.6. The van der Waals surface area contributed by atoms with E-state index >= 15 is 0 Å². The van der Waals surface area contributed by atoms with Crippen molar-refractivity contribution < 1.29 is 13.7 Å². The molecule has 2 fully saturated rings. The Balaban J connectivity index is 1.30. The maximum atomic E-state index is 13.5. The lowest BCUT2D eigenvalue weighted by molar-refractivity contribution is 0.0348. The van der Waals surface area contributed by atoms with Crippen molar-refractivity contribution in [1.82, 2.24) is 14.6 Å². The average Bonchev–Trinajstić information content (AvgIpc) is 3.41. The lowest BCUT2D eigenvalue weighted by Crippen LogP contribution is -2.46. The van der Waals surface area contributed by atoms with Gasteiger partial charge in [-0.1, -0.05) is 54.6 Å². The predicted octanol–water partition coefficient (Wildman–Crippen LogP) is 4.86. The van der Waals surface area contributed by atoms with Gasteiger partial charge in [-0.15, -0.1) is 4.31 Å². The molecule has 5 rings (SSSR count). The number of nitrogens with one attached hydrogen (secondary N) is 1. The second kappa shape index (κ2) is 10.6. The van der Waals surface area contributed by atoms with E-state index in [0.29, 0.717) is 25.0 Å². The standard InChI is InChI=1S/C27H33N3O3S/c1-21-7-12-25(23-5-3-2-4-6-23)34(31)30(21)20-22-8-10-24(11-9-22)27(13-16-32-17-14-27)29-19-26-28-15-18-33-26/h2-6,8-11,15,18,21,25,29H,7,12-14,16-17,19-20H2,1H3/t21-,25+,34?/m0/s1. The summed E-state index contributed by atoms with van der Waals surface area (Å²) in [6, 6.07) is 19.4. The molecule has 1 N–H and O–H groups in total. The summed E-state index contributed by atoms with van der Waals surface area (Å²) in [6.07, 6.45) is 7.11. The van der Waals surface area contributed by atoms with Gasteiger partial charge >= 0.3 is 0 Å². The highest BCUT2D eigenvalue weighted by molar-refractivity contribution is 7.89. The highest BCUT2D eigenvalue weighted by Gasteiger charge is 2.39. The highest BCUT2D eigenvalue weighted by Crippen LogP contribution is 2.38. The molecule has 6 nitrogen and oxygen atoms in total. The molecule has 1 aromatic heterocycles. The van der Waals surface area contributed by atoms with Crippen LogP contribution in [0, 0.1) is 0 Å².